The van der Waals surface area contributed by atoms with Gasteiger partial charge in [0.1, 0.15) is 5.75 Å². The highest BCUT2D eigenvalue weighted by Crippen LogP contribution is 2.25. The van der Waals surface area contributed by atoms with Crippen LogP contribution in [0.5, 0.6) is 5.75 Å². The normalized spacial score (nSPS) is 9.94. The second-order valence-electron chi connectivity index (χ2n) is 4.15. The molecule has 5 nitrogen and oxygen atoms in total. The minimum absolute atomic E-state index is 0.1000. The Bertz CT molecular complexity index is 405. The number of nitrogens with two attached hydrogens (primary N) is 1. The number of rotatable bonds is 6. The predicted octanol–water partition coefficient (Wildman–Crippen LogP) is 1.56. The van der Waals surface area contributed by atoms with Crippen LogP contribution in [0.2, 0.25) is 0 Å². The third-order valence-electron chi connectivity index (χ3n) is 2.48. The number of carbonyl (C=O) groups is 1. The van der Waals surface area contributed by atoms with E-state index in [1.165, 1.54) is 0 Å². The average molecular weight is 251 g/mol. The van der Waals surface area contributed by atoms with Gasteiger partial charge in [-0.2, -0.15) is 0 Å². The lowest BCUT2D eigenvalue weighted by molar-refractivity contribution is -0.128. The van der Waals surface area contributed by atoms with Gasteiger partial charge in [0.25, 0.3) is 0 Å². The molecule has 0 unspecified atom stereocenters. The van der Waals surface area contributed by atoms with E-state index in [4.69, 9.17) is 10.5 Å². The Kier molecular flexibility index (Phi) is 5.30. The van der Waals surface area contributed by atoms with Crippen LogP contribution >= 0.6 is 0 Å². The molecule has 0 radical (unpaired) electrons. The fourth-order valence-electron chi connectivity index (χ4n) is 1.46. The Balaban J connectivity index is 2.52. The van der Waals surface area contributed by atoms with Gasteiger partial charge in [0.2, 0.25) is 5.91 Å². The van der Waals surface area contributed by atoms with E-state index in [1.807, 2.05) is 19.1 Å². The van der Waals surface area contributed by atoms with Crippen LogP contribution in [0.15, 0.2) is 18.2 Å². The maximum Gasteiger partial charge on any atom is 0.223 e. The summed E-state index contributed by atoms with van der Waals surface area (Å²) < 4.78 is 5.40. The Morgan fingerprint density at radius 1 is 1.44 bits per heavy atom. The van der Waals surface area contributed by atoms with Crippen molar-refractivity contribution in [1.82, 2.24) is 4.90 Å². The van der Waals surface area contributed by atoms with Crippen molar-refractivity contribution in [3.63, 3.8) is 0 Å². The highest BCUT2D eigenvalue weighted by molar-refractivity contribution is 5.76. The summed E-state index contributed by atoms with van der Waals surface area (Å²) in [6.45, 7) is 3.08. The first-order valence-electron chi connectivity index (χ1n) is 6.01. The van der Waals surface area contributed by atoms with Crippen LogP contribution in [0.25, 0.3) is 0 Å². The van der Waals surface area contributed by atoms with Crippen LogP contribution in [0.3, 0.4) is 0 Å². The molecule has 0 atom stereocenters. The van der Waals surface area contributed by atoms with Crippen molar-refractivity contribution in [2.45, 2.75) is 13.3 Å². The molecule has 0 bridgehead atoms. The number of nitrogens with zero attached hydrogens (tertiary/aromatic N) is 1. The van der Waals surface area contributed by atoms with Crippen LogP contribution in [0.4, 0.5) is 11.4 Å². The smallest absolute Gasteiger partial charge is 0.223 e. The van der Waals surface area contributed by atoms with E-state index in [2.05, 4.69) is 5.32 Å². The number of anilines is 2. The van der Waals surface area contributed by atoms with Gasteiger partial charge < -0.3 is 20.7 Å². The summed E-state index contributed by atoms with van der Waals surface area (Å²) in [5, 5.41) is 3.17. The van der Waals surface area contributed by atoms with E-state index in [1.54, 1.807) is 25.1 Å². The minimum Gasteiger partial charge on any atom is -0.492 e. The summed E-state index contributed by atoms with van der Waals surface area (Å²) in [6, 6.07) is 5.51. The van der Waals surface area contributed by atoms with E-state index in [-0.39, 0.29) is 5.91 Å². The van der Waals surface area contributed by atoms with Gasteiger partial charge in [-0.15, -0.1) is 0 Å². The molecule has 1 amide bonds. The van der Waals surface area contributed by atoms with Crippen molar-refractivity contribution in [3.05, 3.63) is 18.2 Å². The lowest BCUT2D eigenvalue weighted by Crippen LogP contribution is -2.23. The Hall–Kier alpha value is -1.91. The number of benzene rings is 1. The van der Waals surface area contributed by atoms with Gasteiger partial charge in [0.05, 0.1) is 12.3 Å². The first-order chi connectivity index (χ1) is 8.54. The van der Waals surface area contributed by atoms with Gasteiger partial charge in [-0.1, -0.05) is 0 Å². The molecule has 0 aliphatic heterocycles. The third kappa shape index (κ3) is 4.16. The van der Waals surface area contributed by atoms with E-state index < -0.39 is 0 Å². The molecular weight excluding hydrogens is 230 g/mol. The van der Waals surface area contributed by atoms with Crippen LogP contribution in [0, 0.1) is 0 Å². The summed E-state index contributed by atoms with van der Waals surface area (Å²) in [6.07, 6.45) is 0.460. The number of nitrogens with one attached hydrogen (secondary N) is 1. The molecule has 3 N–H and O–H groups in total. The molecule has 5 heteroatoms. The van der Waals surface area contributed by atoms with E-state index in [9.17, 15) is 4.79 Å². The average Bonchev–Trinajstić information content (AvgIpc) is 2.33. The molecule has 18 heavy (non-hydrogen) atoms. The number of hydrogen-bond donors (Lipinski definition) is 2. The highest BCUT2D eigenvalue weighted by atomic mass is 16.5. The maximum atomic E-state index is 11.4. The molecule has 0 aromatic heterocycles. The summed E-state index contributed by atoms with van der Waals surface area (Å²) in [4.78, 5) is 13.0. The molecule has 0 saturated heterocycles. The summed E-state index contributed by atoms with van der Waals surface area (Å²) in [5.74, 6) is 0.768. The van der Waals surface area contributed by atoms with Gasteiger partial charge in [0, 0.05) is 38.8 Å². The lowest BCUT2D eigenvalue weighted by atomic mass is 10.2. The van der Waals surface area contributed by atoms with Crippen molar-refractivity contribution >= 4 is 17.3 Å². The molecular formula is C13H21N3O2. The summed E-state index contributed by atoms with van der Waals surface area (Å²) in [5.41, 5.74) is 7.30. The number of nitrogen functional groups attached to an aromatic ring is 1. The zero-order chi connectivity index (χ0) is 13.5. The van der Waals surface area contributed by atoms with Crippen LogP contribution in [-0.2, 0) is 4.79 Å². The Morgan fingerprint density at radius 3 is 2.78 bits per heavy atom. The largest absolute Gasteiger partial charge is 0.492 e. The molecule has 0 spiro atoms. The van der Waals surface area contributed by atoms with Crippen LogP contribution in [0.1, 0.15) is 13.3 Å². The van der Waals surface area contributed by atoms with Crippen molar-refractivity contribution in [1.29, 1.82) is 0 Å². The molecule has 1 aromatic rings. The molecule has 1 rings (SSSR count). The van der Waals surface area contributed by atoms with Crippen molar-refractivity contribution in [2.24, 2.45) is 0 Å². The number of hydrogen-bond acceptors (Lipinski definition) is 4. The van der Waals surface area contributed by atoms with E-state index in [0.29, 0.717) is 31.0 Å². The van der Waals surface area contributed by atoms with E-state index in [0.717, 1.165) is 5.69 Å². The Labute approximate surface area is 108 Å². The SMILES string of the molecule is CCOc1cc(NCCC(=O)N(C)C)ccc1N. The van der Waals surface area contributed by atoms with Crippen molar-refractivity contribution in [3.8, 4) is 5.75 Å². The predicted molar refractivity (Wildman–Crippen MR) is 73.8 cm³/mol. The fourth-order valence-corrected chi connectivity index (χ4v) is 1.46. The topological polar surface area (TPSA) is 67.6 Å². The van der Waals surface area contributed by atoms with Gasteiger partial charge in [-0.05, 0) is 19.1 Å². The summed E-state index contributed by atoms with van der Waals surface area (Å²) in [7, 11) is 3.50. The van der Waals surface area contributed by atoms with Gasteiger partial charge in [0.15, 0.2) is 0 Å². The molecule has 0 fully saturated rings. The molecule has 0 aliphatic carbocycles. The van der Waals surface area contributed by atoms with Gasteiger partial charge in [-0.3, -0.25) is 4.79 Å². The monoisotopic (exact) mass is 251 g/mol. The van der Waals surface area contributed by atoms with Crippen molar-refractivity contribution in [2.75, 3.05) is 38.3 Å². The Morgan fingerprint density at radius 2 is 2.17 bits per heavy atom. The number of ether oxygens (including phenoxy) is 1. The minimum atomic E-state index is 0.1000. The molecule has 0 heterocycles. The first kappa shape index (κ1) is 14.2. The lowest BCUT2D eigenvalue weighted by Gasteiger charge is -2.12. The fraction of sp³-hybridized carbons (Fsp3) is 0.462. The second-order valence-corrected chi connectivity index (χ2v) is 4.15. The van der Waals surface area contributed by atoms with E-state index >= 15 is 0 Å². The first-order valence-corrected chi connectivity index (χ1v) is 6.01. The zero-order valence-corrected chi connectivity index (χ0v) is 11.2. The van der Waals surface area contributed by atoms with Crippen LogP contribution < -0.4 is 15.8 Å². The zero-order valence-electron chi connectivity index (χ0n) is 11.2. The maximum absolute atomic E-state index is 11.4. The standard InChI is InChI=1S/C13H21N3O2/c1-4-18-12-9-10(5-6-11(12)14)15-8-7-13(17)16(2)3/h5-6,9,15H,4,7-8,14H2,1-3H3. The van der Waals surface area contributed by atoms with Gasteiger partial charge in [-0.25, -0.2) is 0 Å². The second kappa shape index (κ2) is 6.74. The molecule has 100 valence electrons. The highest BCUT2D eigenvalue weighted by Gasteiger charge is 2.04. The van der Waals surface area contributed by atoms with Crippen LogP contribution in [-0.4, -0.2) is 38.1 Å². The van der Waals surface area contributed by atoms with Gasteiger partial charge >= 0.3 is 0 Å². The quantitative estimate of drug-likeness (QED) is 0.753. The molecule has 0 saturated carbocycles. The van der Waals surface area contributed by atoms with Crippen molar-refractivity contribution < 1.29 is 9.53 Å². The number of amides is 1. The summed E-state index contributed by atoms with van der Waals surface area (Å²) >= 11 is 0. The molecule has 0 aliphatic rings. The number of carbonyl (C=O) groups excluding carboxylic acids is 1. The third-order valence-corrected chi connectivity index (χ3v) is 2.48. The molecule has 1 aromatic carbocycles.